The Bertz CT molecular complexity index is 804. The van der Waals surface area contributed by atoms with Crippen LogP contribution in [0.25, 0.3) is 21.9 Å². The van der Waals surface area contributed by atoms with Gasteiger partial charge in [-0.3, -0.25) is 4.98 Å². The molecule has 0 saturated carbocycles. The second-order valence-electron chi connectivity index (χ2n) is 4.86. The quantitative estimate of drug-likeness (QED) is 0.717. The highest BCUT2D eigenvalue weighted by atomic mass is 32.2. The molecule has 2 heterocycles. The predicted octanol–water partition coefficient (Wildman–Crippen LogP) is 4.56. The van der Waals surface area contributed by atoms with Crippen molar-refractivity contribution in [2.75, 3.05) is 12.0 Å². The highest BCUT2D eigenvalue weighted by molar-refractivity contribution is 7.98. The summed E-state index contributed by atoms with van der Waals surface area (Å²) in [6.07, 6.45) is 5.09. The zero-order valence-electron chi connectivity index (χ0n) is 11.6. The summed E-state index contributed by atoms with van der Waals surface area (Å²) >= 11 is 7.40. The smallest absolute Gasteiger partial charge is 0.178 e. The van der Waals surface area contributed by atoms with Gasteiger partial charge in [0.25, 0.3) is 0 Å². The number of thioether (sulfide) groups is 1. The zero-order valence-corrected chi connectivity index (χ0v) is 13.2. The van der Waals surface area contributed by atoms with Gasteiger partial charge in [-0.25, -0.2) is 0 Å². The van der Waals surface area contributed by atoms with Crippen molar-refractivity contribution in [3.05, 3.63) is 35.2 Å². The van der Waals surface area contributed by atoms with Crippen LogP contribution in [0.5, 0.6) is 0 Å². The average Bonchev–Trinajstić information content (AvgIpc) is 2.81. The van der Waals surface area contributed by atoms with E-state index in [1.165, 1.54) is 5.52 Å². The van der Waals surface area contributed by atoms with E-state index in [2.05, 4.69) is 39.8 Å². The Morgan fingerprint density at radius 2 is 2.20 bits per heavy atom. The van der Waals surface area contributed by atoms with Crippen LogP contribution in [0.3, 0.4) is 0 Å². The van der Waals surface area contributed by atoms with Crippen molar-refractivity contribution in [2.45, 2.75) is 19.4 Å². The van der Waals surface area contributed by atoms with Gasteiger partial charge in [-0.1, -0.05) is 25.1 Å². The number of nitrogens with zero attached hydrogens (tertiary/aromatic N) is 2. The van der Waals surface area contributed by atoms with Gasteiger partial charge in [-0.05, 0) is 31.0 Å². The summed E-state index contributed by atoms with van der Waals surface area (Å²) in [5.74, 6) is 1.06. The number of imidazole rings is 1. The zero-order chi connectivity index (χ0) is 14.1. The van der Waals surface area contributed by atoms with Crippen LogP contribution in [0.1, 0.15) is 19.4 Å². The van der Waals surface area contributed by atoms with Gasteiger partial charge in [0, 0.05) is 17.2 Å². The first kappa shape index (κ1) is 13.6. The second kappa shape index (κ2) is 5.58. The molecule has 1 aromatic carbocycles. The maximum Gasteiger partial charge on any atom is 0.178 e. The van der Waals surface area contributed by atoms with Crippen LogP contribution < -0.4 is 0 Å². The van der Waals surface area contributed by atoms with E-state index in [-0.39, 0.29) is 0 Å². The largest absolute Gasteiger partial charge is 0.329 e. The van der Waals surface area contributed by atoms with E-state index in [4.69, 9.17) is 12.2 Å². The lowest BCUT2D eigenvalue weighted by molar-refractivity contribution is 0.548. The summed E-state index contributed by atoms with van der Waals surface area (Å²) in [6, 6.07) is 8.66. The molecule has 20 heavy (non-hydrogen) atoms. The SMILES string of the molecule is CCC(CSC)n1c(=S)[nH]c2cnc3ccccc3c21. The van der Waals surface area contributed by atoms with E-state index < -0.39 is 0 Å². The third kappa shape index (κ3) is 2.15. The van der Waals surface area contributed by atoms with Crippen LogP contribution in [0, 0.1) is 4.77 Å². The first-order chi connectivity index (χ1) is 9.76. The number of hydrogen-bond donors (Lipinski definition) is 1. The third-order valence-electron chi connectivity index (χ3n) is 3.64. The maximum absolute atomic E-state index is 5.54. The van der Waals surface area contributed by atoms with Crippen LogP contribution in [-0.2, 0) is 0 Å². The van der Waals surface area contributed by atoms with Crippen molar-refractivity contribution in [1.29, 1.82) is 0 Å². The monoisotopic (exact) mass is 303 g/mol. The van der Waals surface area contributed by atoms with E-state index in [1.54, 1.807) is 0 Å². The molecule has 2 aromatic heterocycles. The molecule has 104 valence electrons. The van der Waals surface area contributed by atoms with Gasteiger partial charge < -0.3 is 9.55 Å². The number of para-hydroxylation sites is 1. The average molecular weight is 303 g/mol. The molecule has 0 amide bonds. The number of H-pyrrole nitrogens is 1. The van der Waals surface area contributed by atoms with Crippen LogP contribution in [0.2, 0.25) is 0 Å². The van der Waals surface area contributed by atoms with E-state index in [0.717, 1.165) is 33.4 Å². The number of nitrogens with one attached hydrogen (secondary N) is 1. The molecule has 1 unspecified atom stereocenters. The molecule has 3 nitrogen and oxygen atoms in total. The standard InChI is InChI=1S/C15H17N3S2/c1-3-10(9-20-2)18-14-11-6-4-5-7-12(11)16-8-13(14)17-15(18)19/h4-8,10H,3,9H2,1-2H3,(H,17,19). The Kier molecular flexibility index (Phi) is 3.81. The fourth-order valence-electron chi connectivity index (χ4n) is 2.67. The van der Waals surface area contributed by atoms with Crippen LogP contribution in [0.4, 0.5) is 0 Å². The van der Waals surface area contributed by atoms with Crippen molar-refractivity contribution in [1.82, 2.24) is 14.5 Å². The van der Waals surface area contributed by atoms with Gasteiger partial charge in [0.2, 0.25) is 0 Å². The molecule has 0 spiro atoms. The Balaban J connectivity index is 2.38. The fraction of sp³-hybridized carbons (Fsp3) is 0.333. The van der Waals surface area contributed by atoms with Crippen molar-refractivity contribution < 1.29 is 0 Å². The molecular formula is C15H17N3S2. The van der Waals surface area contributed by atoms with E-state index >= 15 is 0 Å². The van der Waals surface area contributed by atoms with Crippen LogP contribution >= 0.6 is 24.0 Å². The molecule has 1 atom stereocenters. The molecule has 0 aliphatic heterocycles. The molecule has 0 aliphatic rings. The van der Waals surface area contributed by atoms with E-state index in [0.29, 0.717) is 6.04 Å². The molecule has 0 bridgehead atoms. The van der Waals surface area contributed by atoms with Gasteiger partial charge in [0.15, 0.2) is 4.77 Å². The summed E-state index contributed by atoms with van der Waals surface area (Å²) in [5.41, 5.74) is 3.22. The van der Waals surface area contributed by atoms with E-state index in [1.807, 2.05) is 30.1 Å². The molecule has 3 aromatic rings. The number of aromatic amines is 1. The van der Waals surface area contributed by atoms with Crippen molar-refractivity contribution in [3.63, 3.8) is 0 Å². The molecule has 0 fully saturated rings. The number of rotatable bonds is 4. The number of fused-ring (bicyclic) bond motifs is 3. The number of pyridine rings is 1. The first-order valence-electron chi connectivity index (χ1n) is 6.73. The van der Waals surface area contributed by atoms with Gasteiger partial charge in [0.1, 0.15) is 0 Å². The molecule has 0 aliphatic carbocycles. The summed E-state index contributed by atoms with van der Waals surface area (Å²) in [6.45, 7) is 2.21. The Hall–Kier alpha value is -1.33. The highest BCUT2D eigenvalue weighted by Gasteiger charge is 2.15. The lowest BCUT2D eigenvalue weighted by atomic mass is 10.1. The van der Waals surface area contributed by atoms with Crippen molar-refractivity contribution in [2.24, 2.45) is 0 Å². The maximum atomic E-state index is 5.54. The van der Waals surface area contributed by atoms with Crippen LogP contribution in [0.15, 0.2) is 30.5 Å². The van der Waals surface area contributed by atoms with Gasteiger partial charge in [-0.2, -0.15) is 11.8 Å². The summed E-state index contributed by atoms with van der Waals surface area (Å²) in [5, 5.41) is 1.16. The predicted molar refractivity (Wildman–Crippen MR) is 90.1 cm³/mol. The molecule has 3 rings (SSSR count). The normalized spacial score (nSPS) is 13.1. The highest BCUT2D eigenvalue weighted by Crippen LogP contribution is 2.28. The number of hydrogen-bond acceptors (Lipinski definition) is 3. The first-order valence-corrected chi connectivity index (χ1v) is 8.53. The lowest BCUT2D eigenvalue weighted by Crippen LogP contribution is -2.11. The second-order valence-corrected chi connectivity index (χ2v) is 6.15. The Morgan fingerprint density at radius 3 is 2.95 bits per heavy atom. The van der Waals surface area contributed by atoms with Gasteiger partial charge in [-0.15, -0.1) is 0 Å². The fourth-order valence-corrected chi connectivity index (χ4v) is 3.79. The lowest BCUT2D eigenvalue weighted by Gasteiger charge is -2.17. The summed E-state index contributed by atoms with van der Waals surface area (Å²) in [4.78, 5) is 7.80. The molecule has 5 heteroatoms. The van der Waals surface area contributed by atoms with Gasteiger partial charge in [0.05, 0.1) is 22.7 Å². The molecule has 0 saturated heterocycles. The minimum absolute atomic E-state index is 0.414. The topological polar surface area (TPSA) is 33.6 Å². The molecule has 0 radical (unpaired) electrons. The third-order valence-corrected chi connectivity index (χ3v) is 4.66. The number of benzene rings is 1. The minimum Gasteiger partial charge on any atom is -0.329 e. The molecule has 1 N–H and O–H groups in total. The van der Waals surface area contributed by atoms with Crippen molar-refractivity contribution in [3.8, 4) is 0 Å². The minimum atomic E-state index is 0.414. The number of aromatic nitrogens is 3. The molecular weight excluding hydrogens is 286 g/mol. The Labute approximate surface area is 127 Å². The van der Waals surface area contributed by atoms with Crippen molar-refractivity contribution >= 4 is 45.9 Å². The Morgan fingerprint density at radius 1 is 1.40 bits per heavy atom. The van der Waals surface area contributed by atoms with Gasteiger partial charge >= 0.3 is 0 Å². The van der Waals surface area contributed by atoms with E-state index in [9.17, 15) is 0 Å². The summed E-state index contributed by atoms with van der Waals surface area (Å²) < 4.78 is 3.06. The summed E-state index contributed by atoms with van der Waals surface area (Å²) in [7, 11) is 0. The van der Waals surface area contributed by atoms with Crippen LogP contribution in [-0.4, -0.2) is 26.5 Å².